The number of pyridine rings is 1. The third-order valence-electron chi connectivity index (χ3n) is 5.24. The quantitative estimate of drug-likeness (QED) is 0.693. The number of Topliss-reactive ketones (excluding diaryl/α,β-unsaturated/α-hetero) is 1. The van der Waals surface area contributed by atoms with Crippen LogP contribution in [0.2, 0.25) is 0 Å². The lowest BCUT2D eigenvalue weighted by atomic mass is 9.70. The number of allylic oxidation sites excluding steroid dienone is 2. The first-order valence-corrected chi connectivity index (χ1v) is 9.69. The molecule has 7 heteroatoms. The molecule has 1 aromatic carbocycles. The van der Waals surface area contributed by atoms with Gasteiger partial charge in [-0.1, -0.05) is 41.9 Å². The van der Waals surface area contributed by atoms with Gasteiger partial charge in [-0.05, 0) is 23.1 Å². The Bertz CT molecular complexity index is 1100. The van der Waals surface area contributed by atoms with Gasteiger partial charge in [0.05, 0.1) is 11.3 Å². The SMILES string of the molecule is CC1(C)CC(=O)C2=C(C1)Oc1nc(N)c(C#N)c(N)c1[C@H]2c1cccc(Br)c1. The van der Waals surface area contributed by atoms with E-state index in [9.17, 15) is 10.1 Å². The summed E-state index contributed by atoms with van der Waals surface area (Å²) in [6.45, 7) is 4.08. The summed E-state index contributed by atoms with van der Waals surface area (Å²) in [5.74, 6) is 0.465. The number of aromatic nitrogens is 1. The van der Waals surface area contributed by atoms with E-state index in [0.717, 1.165) is 10.0 Å². The Kier molecular flexibility index (Phi) is 4.20. The number of anilines is 2. The number of fused-ring (bicyclic) bond motifs is 1. The van der Waals surface area contributed by atoms with Crippen LogP contribution in [-0.2, 0) is 4.79 Å². The summed E-state index contributed by atoms with van der Waals surface area (Å²) in [5.41, 5.74) is 14.4. The van der Waals surface area contributed by atoms with Crippen molar-refractivity contribution >= 4 is 33.2 Å². The maximum atomic E-state index is 13.2. The molecule has 1 aromatic heterocycles. The second-order valence-corrected chi connectivity index (χ2v) is 8.90. The molecule has 2 aromatic rings. The molecule has 0 unspecified atom stereocenters. The molecule has 0 saturated heterocycles. The molecule has 1 aliphatic carbocycles. The van der Waals surface area contributed by atoms with Gasteiger partial charge in [0.15, 0.2) is 5.78 Å². The van der Waals surface area contributed by atoms with Crippen molar-refractivity contribution in [2.75, 3.05) is 11.5 Å². The third kappa shape index (κ3) is 2.85. The van der Waals surface area contributed by atoms with Crippen molar-refractivity contribution in [1.82, 2.24) is 4.98 Å². The molecule has 1 atom stereocenters. The van der Waals surface area contributed by atoms with Crippen molar-refractivity contribution in [3.05, 3.63) is 56.8 Å². The van der Waals surface area contributed by atoms with Gasteiger partial charge in [0.2, 0.25) is 5.88 Å². The van der Waals surface area contributed by atoms with Crippen LogP contribution in [0.1, 0.15) is 49.3 Å². The van der Waals surface area contributed by atoms with Crippen LogP contribution in [0.3, 0.4) is 0 Å². The number of hydrogen-bond acceptors (Lipinski definition) is 6. The number of carbonyl (C=O) groups is 1. The first-order chi connectivity index (χ1) is 13.2. The summed E-state index contributed by atoms with van der Waals surface area (Å²) in [7, 11) is 0. The normalized spacial score (nSPS) is 20.1. The summed E-state index contributed by atoms with van der Waals surface area (Å²) < 4.78 is 6.93. The minimum absolute atomic E-state index is 0.0246. The fraction of sp³-hybridized carbons (Fsp3) is 0.286. The van der Waals surface area contributed by atoms with Gasteiger partial charge in [-0.15, -0.1) is 0 Å². The predicted molar refractivity (Wildman–Crippen MR) is 109 cm³/mol. The zero-order valence-corrected chi connectivity index (χ0v) is 17.1. The number of hydrogen-bond donors (Lipinski definition) is 2. The molecule has 6 nitrogen and oxygen atoms in total. The standard InChI is InChI=1S/C21H19BrN4O2/c1-21(2)7-13(27)16-14(8-21)28-20-17(18(24)12(9-23)19(25)26-20)15(16)10-4-3-5-11(22)6-10/h3-6,15H,7-8H2,1-2H3,(H4,24,25,26)/t15-/m0/s1. The predicted octanol–water partition coefficient (Wildman–Crippen LogP) is 4.05. The van der Waals surface area contributed by atoms with Gasteiger partial charge in [0.1, 0.15) is 23.2 Å². The monoisotopic (exact) mass is 438 g/mol. The average molecular weight is 439 g/mol. The van der Waals surface area contributed by atoms with E-state index in [1.807, 2.05) is 44.2 Å². The van der Waals surface area contributed by atoms with E-state index >= 15 is 0 Å². The molecule has 1 aliphatic heterocycles. The van der Waals surface area contributed by atoms with E-state index in [4.69, 9.17) is 16.2 Å². The van der Waals surface area contributed by atoms with Crippen molar-refractivity contribution in [2.45, 2.75) is 32.6 Å². The Hall–Kier alpha value is -2.85. The highest BCUT2D eigenvalue weighted by molar-refractivity contribution is 9.10. The number of carbonyl (C=O) groups excluding carboxylic acids is 1. The molecular weight excluding hydrogens is 420 g/mol. The second kappa shape index (κ2) is 6.35. The van der Waals surface area contributed by atoms with E-state index in [0.29, 0.717) is 29.7 Å². The van der Waals surface area contributed by atoms with Crippen LogP contribution < -0.4 is 16.2 Å². The molecule has 0 bridgehead atoms. The number of nitrogen functional groups attached to an aromatic ring is 2. The van der Waals surface area contributed by atoms with E-state index in [1.165, 1.54) is 0 Å². The van der Waals surface area contributed by atoms with E-state index in [1.54, 1.807) is 0 Å². The number of halogens is 1. The molecule has 4 rings (SSSR count). The number of nitrogens with two attached hydrogens (primary N) is 2. The lowest BCUT2D eigenvalue weighted by molar-refractivity contribution is -0.118. The van der Waals surface area contributed by atoms with Crippen molar-refractivity contribution in [1.29, 1.82) is 5.26 Å². The van der Waals surface area contributed by atoms with Crippen LogP contribution in [0.25, 0.3) is 0 Å². The van der Waals surface area contributed by atoms with Gasteiger partial charge in [-0.2, -0.15) is 10.2 Å². The molecule has 142 valence electrons. The lowest BCUT2D eigenvalue weighted by Gasteiger charge is -2.38. The minimum Gasteiger partial charge on any atom is -0.442 e. The molecule has 4 N–H and O–H groups in total. The van der Waals surface area contributed by atoms with Gasteiger partial charge in [0.25, 0.3) is 0 Å². The average Bonchev–Trinajstić information content (AvgIpc) is 2.59. The largest absolute Gasteiger partial charge is 0.442 e. The smallest absolute Gasteiger partial charge is 0.227 e. The van der Waals surface area contributed by atoms with Gasteiger partial charge in [-0.25, -0.2) is 0 Å². The molecule has 0 fully saturated rings. The molecule has 0 saturated carbocycles. The van der Waals surface area contributed by atoms with Gasteiger partial charge in [0, 0.05) is 28.8 Å². The number of nitrogens with zero attached hydrogens (tertiary/aromatic N) is 2. The van der Waals surface area contributed by atoms with Crippen molar-refractivity contribution in [3.63, 3.8) is 0 Å². The molecule has 0 amide bonds. The van der Waals surface area contributed by atoms with E-state index in [-0.39, 0.29) is 34.1 Å². The first kappa shape index (κ1) is 18.5. The fourth-order valence-electron chi connectivity index (χ4n) is 4.06. The van der Waals surface area contributed by atoms with Crippen molar-refractivity contribution < 1.29 is 9.53 Å². The van der Waals surface area contributed by atoms with Crippen molar-refractivity contribution in [3.8, 4) is 11.9 Å². The summed E-state index contributed by atoms with van der Waals surface area (Å²) in [6.07, 6.45) is 1.03. The summed E-state index contributed by atoms with van der Waals surface area (Å²) in [6, 6.07) is 9.71. The fourth-order valence-corrected chi connectivity index (χ4v) is 4.48. The Labute approximate surface area is 171 Å². The molecule has 28 heavy (non-hydrogen) atoms. The van der Waals surface area contributed by atoms with Gasteiger partial charge >= 0.3 is 0 Å². The number of ketones is 1. The molecule has 2 heterocycles. The summed E-state index contributed by atoms with van der Waals surface area (Å²) in [5, 5.41) is 9.48. The van der Waals surface area contributed by atoms with Gasteiger partial charge in [-0.3, -0.25) is 4.79 Å². The highest BCUT2D eigenvalue weighted by Crippen LogP contribution is 2.52. The van der Waals surface area contributed by atoms with Crippen LogP contribution in [0, 0.1) is 16.7 Å². The number of ether oxygens (including phenoxy) is 1. The molecule has 0 radical (unpaired) electrons. The second-order valence-electron chi connectivity index (χ2n) is 7.98. The van der Waals surface area contributed by atoms with E-state index in [2.05, 4.69) is 20.9 Å². The molecule has 0 spiro atoms. The Balaban J connectivity index is 2.03. The topological polar surface area (TPSA) is 115 Å². The molecular formula is C21H19BrN4O2. The Morgan fingerprint density at radius 2 is 2.07 bits per heavy atom. The maximum Gasteiger partial charge on any atom is 0.227 e. The van der Waals surface area contributed by atoms with Crippen LogP contribution in [0.15, 0.2) is 40.1 Å². The zero-order valence-electron chi connectivity index (χ0n) is 15.5. The summed E-state index contributed by atoms with van der Waals surface area (Å²) in [4.78, 5) is 17.5. The van der Waals surface area contributed by atoms with Crippen LogP contribution in [0.4, 0.5) is 11.5 Å². The van der Waals surface area contributed by atoms with Crippen LogP contribution >= 0.6 is 15.9 Å². The zero-order chi connectivity index (χ0) is 20.2. The van der Waals surface area contributed by atoms with Crippen LogP contribution in [0.5, 0.6) is 5.88 Å². The Morgan fingerprint density at radius 1 is 1.32 bits per heavy atom. The number of benzene rings is 1. The number of rotatable bonds is 1. The van der Waals surface area contributed by atoms with Crippen molar-refractivity contribution in [2.24, 2.45) is 5.41 Å². The Morgan fingerprint density at radius 3 is 2.75 bits per heavy atom. The summed E-state index contributed by atoms with van der Waals surface area (Å²) >= 11 is 3.50. The maximum absolute atomic E-state index is 13.2. The highest BCUT2D eigenvalue weighted by atomic mass is 79.9. The van der Waals surface area contributed by atoms with Crippen LogP contribution in [-0.4, -0.2) is 10.8 Å². The molecule has 2 aliphatic rings. The van der Waals surface area contributed by atoms with E-state index < -0.39 is 5.92 Å². The highest BCUT2D eigenvalue weighted by Gasteiger charge is 2.44. The van der Waals surface area contributed by atoms with Gasteiger partial charge < -0.3 is 16.2 Å². The first-order valence-electron chi connectivity index (χ1n) is 8.90. The number of nitriles is 1. The third-order valence-corrected chi connectivity index (χ3v) is 5.73. The minimum atomic E-state index is -0.458. The lowest BCUT2D eigenvalue weighted by Crippen LogP contribution is -2.33.